The number of fused-ring (bicyclic) bond motifs is 2. The molecule has 4 heterocycles. The minimum atomic E-state index is -0.230. The van der Waals surface area contributed by atoms with Crippen LogP contribution in [0.5, 0.6) is 0 Å². The number of hydrogen-bond donors (Lipinski definition) is 1. The Bertz CT molecular complexity index is 1370. The molecule has 8 nitrogen and oxygen atoms in total. The summed E-state index contributed by atoms with van der Waals surface area (Å²) in [5, 5.41) is 15.9. The number of hydrogen-bond acceptors (Lipinski definition) is 6. The minimum absolute atomic E-state index is 0.0554. The summed E-state index contributed by atoms with van der Waals surface area (Å²) in [5.74, 6) is -0.460. The lowest BCUT2D eigenvalue weighted by Crippen LogP contribution is -3.09. The smallest absolute Gasteiger partial charge is 0.261 e. The molecule has 2 amide bonds. The molecule has 3 aromatic rings. The summed E-state index contributed by atoms with van der Waals surface area (Å²) < 4.78 is 0. The molecule has 0 saturated carbocycles. The molecule has 0 radical (unpaired) electrons. The molecule has 1 saturated heterocycles. The van der Waals surface area contributed by atoms with Crippen LogP contribution in [0.25, 0.3) is 5.57 Å². The largest absolute Gasteiger partial charge is 0.603 e. The van der Waals surface area contributed by atoms with E-state index in [2.05, 4.69) is 9.88 Å². The van der Waals surface area contributed by atoms with E-state index >= 15 is 0 Å². The van der Waals surface area contributed by atoms with Gasteiger partial charge < -0.3 is 5.21 Å². The fraction of sp³-hybridized carbons (Fsp3) is 0.276. The van der Waals surface area contributed by atoms with Crippen LogP contribution in [-0.4, -0.2) is 63.8 Å². The van der Waals surface area contributed by atoms with Crippen LogP contribution < -0.4 is 5.17 Å². The molecule has 2 aromatic carbocycles. The Morgan fingerprint density at radius 2 is 1.71 bits per heavy atom. The average Bonchev–Trinajstić information content (AvgIpc) is 3.48. The molecule has 38 heavy (non-hydrogen) atoms. The number of amides is 2. The van der Waals surface area contributed by atoms with Crippen molar-refractivity contribution in [2.75, 3.05) is 26.2 Å². The highest BCUT2D eigenvalue weighted by atomic mass is 35.5. The Morgan fingerprint density at radius 3 is 2.45 bits per heavy atom. The Labute approximate surface area is 226 Å². The molecule has 194 valence electrons. The SMILES string of the molecule is O=C1c2ccccc2C(=O)N1CCN1CCC[C@@H]1CN1C=C(Cc2ccc(Cl)cc2)c2ccncc2[NH+]1[O-]. The van der Waals surface area contributed by atoms with Crippen LogP contribution in [0.2, 0.25) is 5.02 Å². The second kappa shape index (κ2) is 10.3. The van der Waals surface area contributed by atoms with E-state index in [1.165, 1.54) is 4.90 Å². The van der Waals surface area contributed by atoms with E-state index in [1.807, 2.05) is 36.5 Å². The van der Waals surface area contributed by atoms with Gasteiger partial charge in [0.25, 0.3) is 11.8 Å². The lowest BCUT2D eigenvalue weighted by atomic mass is 9.97. The van der Waals surface area contributed by atoms with E-state index < -0.39 is 0 Å². The maximum absolute atomic E-state index is 13.4. The topological polar surface area (TPSA) is 84.2 Å². The number of nitrogens with zero attached hydrogens (tertiary/aromatic N) is 4. The van der Waals surface area contributed by atoms with Crippen molar-refractivity contribution in [3.63, 3.8) is 0 Å². The number of pyridine rings is 1. The highest BCUT2D eigenvalue weighted by molar-refractivity contribution is 6.30. The average molecular weight is 530 g/mol. The van der Waals surface area contributed by atoms with Gasteiger partial charge in [0.2, 0.25) is 0 Å². The van der Waals surface area contributed by atoms with E-state index in [9.17, 15) is 14.8 Å². The first kappa shape index (κ1) is 24.8. The standard InChI is InChI=1S/C29H28ClN5O3/c30-22-9-7-20(8-10-22)16-21-18-33(35(38)27-17-31-12-11-24(21)27)19-23-4-3-13-32(23)14-15-34-28(36)25-5-1-2-6-26(25)29(34)37/h1-2,5-12,17-18,23,35H,3-4,13-16,19H2/t23-/m1/s1. The molecule has 2 atom stereocenters. The number of benzene rings is 2. The maximum Gasteiger partial charge on any atom is 0.261 e. The summed E-state index contributed by atoms with van der Waals surface area (Å²) in [7, 11) is 0. The van der Waals surface area contributed by atoms with Gasteiger partial charge in [0.05, 0.1) is 30.1 Å². The molecule has 0 spiro atoms. The summed E-state index contributed by atoms with van der Waals surface area (Å²) in [4.78, 5) is 33.4. The Balaban J connectivity index is 1.17. The number of imide groups is 1. The van der Waals surface area contributed by atoms with Gasteiger partial charge in [-0.3, -0.25) is 24.4 Å². The first-order chi connectivity index (χ1) is 18.5. The lowest BCUT2D eigenvalue weighted by molar-refractivity contribution is -0.903. The zero-order chi connectivity index (χ0) is 26.2. The molecule has 3 aliphatic heterocycles. The van der Waals surface area contributed by atoms with Crippen molar-refractivity contribution in [2.24, 2.45) is 0 Å². The van der Waals surface area contributed by atoms with Crippen LogP contribution >= 0.6 is 11.6 Å². The molecule has 0 aliphatic carbocycles. The van der Waals surface area contributed by atoms with Crippen molar-refractivity contribution in [3.05, 3.63) is 106 Å². The fourth-order valence-corrected chi connectivity index (χ4v) is 5.83. The highest BCUT2D eigenvalue weighted by Gasteiger charge is 2.37. The van der Waals surface area contributed by atoms with E-state index in [0.717, 1.165) is 36.1 Å². The van der Waals surface area contributed by atoms with Gasteiger partial charge in [-0.05, 0) is 67.3 Å². The molecule has 0 bridgehead atoms. The Morgan fingerprint density at radius 1 is 0.974 bits per heavy atom. The lowest BCUT2D eigenvalue weighted by Gasteiger charge is -2.40. The number of aromatic nitrogens is 1. The van der Waals surface area contributed by atoms with Gasteiger partial charge in [-0.25, -0.2) is 10.2 Å². The van der Waals surface area contributed by atoms with Gasteiger partial charge in [0, 0.05) is 35.9 Å². The zero-order valence-electron chi connectivity index (χ0n) is 20.8. The predicted octanol–water partition coefficient (Wildman–Crippen LogP) is 3.32. The Kier molecular flexibility index (Phi) is 6.71. The summed E-state index contributed by atoms with van der Waals surface area (Å²) in [5.41, 5.74) is 4.63. The van der Waals surface area contributed by atoms with Crippen LogP contribution in [-0.2, 0) is 6.42 Å². The molecule has 1 aromatic heterocycles. The van der Waals surface area contributed by atoms with Crippen molar-refractivity contribution >= 4 is 34.7 Å². The van der Waals surface area contributed by atoms with Crippen LogP contribution in [0.15, 0.2) is 73.2 Å². The number of quaternary nitrogens is 1. The Hall–Kier alpha value is -3.56. The summed E-state index contributed by atoms with van der Waals surface area (Å²) in [6.45, 7) is 2.33. The first-order valence-electron chi connectivity index (χ1n) is 12.9. The van der Waals surface area contributed by atoms with Crippen LogP contribution in [0.3, 0.4) is 0 Å². The van der Waals surface area contributed by atoms with Gasteiger partial charge >= 0.3 is 0 Å². The third kappa shape index (κ3) is 4.61. The number of carbonyl (C=O) groups excluding carboxylic acids is 2. The van der Waals surface area contributed by atoms with Gasteiger partial charge in [-0.2, -0.15) is 0 Å². The monoisotopic (exact) mass is 529 g/mol. The zero-order valence-corrected chi connectivity index (χ0v) is 21.6. The maximum atomic E-state index is 13.4. The molecule has 3 aliphatic rings. The van der Waals surface area contributed by atoms with Gasteiger partial charge in [0.15, 0.2) is 5.69 Å². The van der Waals surface area contributed by atoms with Crippen molar-refractivity contribution < 1.29 is 14.8 Å². The van der Waals surface area contributed by atoms with E-state index in [4.69, 9.17) is 11.6 Å². The predicted molar refractivity (Wildman–Crippen MR) is 144 cm³/mol. The van der Waals surface area contributed by atoms with Crippen LogP contribution in [0, 0.1) is 5.21 Å². The fourth-order valence-electron chi connectivity index (χ4n) is 5.71. The van der Waals surface area contributed by atoms with E-state index in [-0.39, 0.29) is 23.0 Å². The number of rotatable bonds is 7. The molecule has 1 fully saturated rings. The minimum Gasteiger partial charge on any atom is -0.603 e. The second-order valence-electron chi connectivity index (χ2n) is 9.98. The first-order valence-corrected chi connectivity index (χ1v) is 13.3. The van der Waals surface area contributed by atoms with E-state index in [0.29, 0.717) is 47.9 Å². The molecule has 1 unspecified atom stereocenters. The summed E-state index contributed by atoms with van der Waals surface area (Å²) in [6.07, 6.45) is 7.97. The van der Waals surface area contributed by atoms with Crippen LogP contribution in [0.1, 0.15) is 44.7 Å². The van der Waals surface area contributed by atoms with Gasteiger partial charge in [-0.15, -0.1) is 0 Å². The number of allylic oxidation sites excluding steroid dienone is 1. The number of likely N-dealkylation sites (tertiary alicyclic amines) is 1. The molecule has 9 heteroatoms. The van der Waals surface area contributed by atoms with Crippen molar-refractivity contribution in [1.82, 2.24) is 19.8 Å². The van der Waals surface area contributed by atoms with Crippen LogP contribution in [0.4, 0.5) is 5.69 Å². The molecular formula is C29H28ClN5O3. The third-order valence-electron chi connectivity index (χ3n) is 7.67. The number of carbonyl (C=O) groups is 2. The highest BCUT2D eigenvalue weighted by Crippen LogP contribution is 2.29. The van der Waals surface area contributed by atoms with Crippen molar-refractivity contribution in [1.29, 1.82) is 0 Å². The van der Waals surface area contributed by atoms with Crippen molar-refractivity contribution in [2.45, 2.75) is 25.3 Å². The van der Waals surface area contributed by atoms with Crippen molar-refractivity contribution in [3.8, 4) is 0 Å². The normalized spacial score (nSPS) is 21.1. The second-order valence-corrected chi connectivity index (χ2v) is 10.4. The molecular weight excluding hydrogens is 502 g/mol. The van der Waals surface area contributed by atoms with E-state index in [1.54, 1.807) is 41.7 Å². The molecule has 1 N–H and O–H groups in total. The third-order valence-corrected chi connectivity index (χ3v) is 7.93. The summed E-state index contributed by atoms with van der Waals surface area (Å²) >= 11 is 6.07. The summed E-state index contributed by atoms with van der Waals surface area (Å²) in [6, 6.07) is 16.8. The van der Waals surface area contributed by atoms with Gasteiger partial charge in [0.1, 0.15) is 0 Å². The molecule has 6 rings (SSSR count). The number of halogens is 1. The van der Waals surface area contributed by atoms with Gasteiger partial charge in [-0.1, -0.05) is 35.9 Å². The number of nitrogens with one attached hydrogen (secondary N) is 1. The quantitative estimate of drug-likeness (QED) is 0.373.